The van der Waals surface area contributed by atoms with Crippen LogP contribution in [-0.4, -0.2) is 18.0 Å². The van der Waals surface area contributed by atoms with Crippen LogP contribution in [0.1, 0.15) is 62.1 Å². The van der Waals surface area contributed by atoms with Crippen LogP contribution >= 0.6 is 0 Å². The summed E-state index contributed by atoms with van der Waals surface area (Å²) in [6, 6.07) is 40.1. The van der Waals surface area contributed by atoms with Crippen molar-refractivity contribution in [3.63, 3.8) is 0 Å². The summed E-state index contributed by atoms with van der Waals surface area (Å²) in [4.78, 5) is 9.46. The fourth-order valence-corrected chi connectivity index (χ4v) is 9.29. The average Bonchev–Trinajstić information content (AvgIpc) is 3.80. The van der Waals surface area contributed by atoms with E-state index < -0.39 is 8.07 Å². The number of furan rings is 1. The van der Waals surface area contributed by atoms with E-state index in [4.69, 9.17) is 14.4 Å². The molecule has 267 valence electrons. The molecule has 0 spiro atoms. The van der Waals surface area contributed by atoms with E-state index >= 15 is 0 Å². The molecule has 5 heteroatoms. The van der Waals surface area contributed by atoms with Crippen LogP contribution in [-0.2, 0) is 26.5 Å². The van der Waals surface area contributed by atoms with Crippen LogP contribution < -0.4 is 5.19 Å². The zero-order chi connectivity index (χ0) is 35.5. The average molecular weight is 877 g/mol. The Kier molecular flexibility index (Phi) is 11.7. The standard InChI is InChI=1S/C27H22NO.C20H26NSi.Ir/c1-17(2)23-15-24(28-16-18(23)3)21-12-7-13-22-26-20(19-9-5-4-6-10-19)11-8-14-25(26)29-27(21)22;1-22(2,3)20-15-21-19(17-11-5-4-6-12-17)14-18(20)13-16-9-7-8-10-16;/h4-11,13-17H,1-3H3;4-6,11,14-16H,7-10,13H2,1-3H3;/q2*-1;. The van der Waals surface area contributed by atoms with Crippen LogP contribution in [0.3, 0.4) is 0 Å². The number of aryl methyl sites for hydroxylation is 1. The molecular weight excluding hydrogens is 829 g/mol. The van der Waals surface area contributed by atoms with Crippen molar-refractivity contribution in [1.29, 1.82) is 0 Å². The van der Waals surface area contributed by atoms with Crippen molar-refractivity contribution in [3.05, 3.63) is 138 Å². The maximum absolute atomic E-state index is 6.36. The third kappa shape index (κ3) is 8.08. The van der Waals surface area contributed by atoms with Crippen molar-refractivity contribution in [2.75, 3.05) is 0 Å². The third-order valence-electron chi connectivity index (χ3n) is 10.3. The van der Waals surface area contributed by atoms with Crippen LogP contribution in [0.4, 0.5) is 0 Å². The molecule has 3 aromatic heterocycles. The topological polar surface area (TPSA) is 38.9 Å². The molecule has 3 nitrogen and oxygen atoms in total. The summed E-state index contributed by atoms with van der Waals surface area (Å²) < 4.78 is 6.36. The summed E-state index contributed by atoms with van der Waals surface area (Å²) in [6.45, 7) is 13.8. The Hall–Kier alpha value is -4.15. The van der Waals surface area contributed by atoms with Gasteiger partial charge in [0.25, 0.3) is 0 Å². The molecule has 1 radical (unpaired) electrons. The Bertz CT molecular complexity index is 2270. The first-order valence-corrected chi connectivity index (χ1v) is 22.0. The van der Waals surface area contributed by atoms with Crippen LogP contribution in [0, 0.1) is 25.0 Å². The maximum atomic E-state index is 6.36. The molecule has 1 saturated carbocycles. The minimum Gasteiger partial charge on any atom is -0.501 e. The fourth-order valence-electron chi connectivity index (χ4n) is 7.70. The van der Waals surface area contributed by atoms with E-state index in [-0.39, 0.29) is 20.1 Å². The molecule has 0 unspecified atom stereocenters. The van der Waals surface area contributed by atoms with E-state index in [1.54, 1.807) is 10.8 Å². The number of nitrogens with zero attached hydrogens (tertiary/aromatic N) is 2. The molecule has 0 bridgehead atoms. The first-order valence-electron chi connectivity index (χ1n) is 18.5. The van der Waals surface area contributed by atoms with Crippen LogP contribution in [0.5, 0.6) is 0 Å². The van der Waals surface area contributed by atoms with E-state index in [9.17, 15) is 0 Å². The van der Waals surface area contributed by atoms with Crippen molar-refractivity contribution in [3.8, 4) is 33.6 Å². The SMILES string of the molecule is C[Si](C)(C)c1cnc(-c2[c-]cccc2)cc1CC1CCCC1.Cc1cnc(-c2[c-]ccc3c2oc2cccc(-c4ccccc4)c23)cc1C(C)C.[Ir]. The quantitative estimate of drug-likeness (QED) is 0.118. The van der Waals surface area contributed by atoms with E-state index in [1.165, 1.54) is 54.4 Å². The number of benzene rings is 4. The first kappa shape index (κ1) is 37.6. The smallest absolute Gasteiger partial charge is 0.121 e. The van der Waals surface area contributed by atoms with Gasteiger partial charge in [0.05, 0.1) is 13.7 Å². The van der Waals surface area contributed by atoms with Gasteiger partial charge in [-0.25, -0.2) is 0 Å². The molecule has 0 amide bonds. The number of hydrogen-bond donors (Lipinski definition) is 0. The van der Waals surface area contributed by atoms with Crippen LogP contribution in [0.15, 0.2) is 114 Å². The van der Waals surface area contributed by atoms with E-state index in [2.05, 4.69) is 125 Å². The molecule has 8 rings (SSSR count). The fraction of sp³-hybridized carbons (Fsp3) is 0.277. The minimum atomic E-state index is -1.35. The van der Waals surface area contributed by atoms with Gasteiger partial charge in [-0.1, -0.05) is 130 Å². The minimum absolute atomic E-state index is 0. The third-order valence-corrected chi connectivity index (χ3v) is 12.4. The predicted molar refractivity (Wildman–Crippen MR) is 217 cm³/mol. The van der Waals surface area contributed by atoms with Crippen molar-refractivity contribution in [2.45, 2.75) is 78.4 Å². The molecule has 4 aromatic carbocycles. The van der Waals surface area contributed by atoms with Gasteiger partial charge in [0.1, 0.15) is 5.58 Å². The van der Waals surface area contributed by atoms with Gasteiger partial charge in [-0.3, -0.25) is 0 Å². The van der Waals surface area contributed by atoms with E-state index in [1.807, 2.05) is 36.5 Å². The molecule has 1 aliphatic rings. The van der Waals surface area contributed by atoms with Crippen molar-refractivity contribution in [1.82, 2.24) is 9.97 Å². The van der Waals surface area contributed by atoms with Gasteiger partial charge in [0.15, 0.2) is 0 Å². The molecule has 52 heavy (non-hydrogen) atoms. The second kappa shape index (κ2) is 16.2. The maximum Gasteiger partial charge on any atom is 0.121 e. The molecular formula is C47H48IrN2OSi-2. The molecule has 0 atom stereocenters. The van der Waals surface area contributed by atoms with Gasteiger partial charge < -0.3 is 14.4 Å². The molecule has 0 saturated heterocycles. The number of pyridine rings is 2. The van der Waals surface area contributed by atoms with Crippen LogP contribution in [0.2, 0.25) is 19.6 Å². The summed E-state index contributed by atoms with van der Waals surface area (Å²) in [5.41, 5.74) is 12.2. The summed E-state index contributed by atoms with van der Waals surface area (Å²) in [5.74, 6) is 1.32. The Morgan fingerprint density at radius 2 is 1.56 bits per heavy atom. The summed E-state index contributed by atoms with van der Waals surface area (Å²) in [6.07, 6.45) is 11.0. The second-order valence-corrected chi connectivity index (χ2v) is 20.5. The Morgan fingerprint density at radius 1 is 0.808 bits per heavy atom. The van der Waals surface area contributed by atoms with Gasteiger partial charge in [-0.05, 0) is 70.1 Å². The monoisotopic (exact) mass is 877 g/mol. The Labute approximate surface area is 324 Å². The van der Waals surface area contributed by atoms with Gasteiger partial charge in [-0.15, -0.1) is 54.1 Å². The van der Waals surface area contributed by atoms with Gasteiger partial charge in [0.2, 0.25) is 0 Å². The first-order chi connectivity index (χ1) is 24.7. The zero-order valence-electron chi connectivity index (χ0n) is 31.2. The Balaban J connectivity index is 0.000000182. The summed E-state index contributed by atoms with van der Waals surface area (Å²) >= 11 is 0. The summed E-state index contributed by atoms with van der Waals surface area (Å²) in [7, 11) is -1.35. The van der Waals surface area contributed by atoms with Gasteiger partial charge >= 0.3 is 0 Å². The largest absolute Gasteiger partial charge is 0.501 e. The van der Waals surface area contributed by atoms with Crippen LogP contribution in [0.25, 0.3) is 55.6 Å². The molecule has 7 aromatic rings. The number of aromatic nitrogens is 2. The van der Waals surface area contributed by atoms with E-state index in [0.29, 0.717) is 5.92 Å². The van der Waals surface area contributed by atoms with Crippen molar-refractivity contribution in [2.24, 2.45) is 5.92 Å². The normalized spacial score (nSPS) is 13.3. The molecule has 0 N–H and O–H groups in total. The van der Waals surface area contributed by atoms with Gasteiger partial charge in [0, 0.05) is 37.9 Å². The van der Waals surface area contributed by atoms with Crippen molar-refractivity contribution >= 4 is 35.2 Å². The Morgan fingerprint density at radius 3 is 2.27 bits per heavy atom. The van der Waals surface area contributed by atoms with Crippen molar-refractivity contribution < 1.29 is 24.5 Å². The predicted octanol–water partition coefficient (Wildman–Crippen LogP) is 12.4. The second-order valence-electron chi connectivity index (χ2n) is 15.4. The number of fused-ring (bicyclic) bond motifs is 3. The number of hydrogen-bond acceptors (Lipinski definition) is 3. The molecule has 0 aliphatic heterocycles. The van der Waals surface area contributed by atoms with Gasteiger partial charge in [-0.2, -0.15) is 0 Å². The summed E-state index contributed by atoms with van der Waals surface area (Å²) in [5, 5.41) is 3.78. The molecule has 3 heterocycles. The molecule has 1 fully saturated rings. The van der Waals surface area contributed by atoms with E-state index in [0.717, 1.165) is 50.4 Å². The molecule has 1 aliphatic carbocycles. The zero-order valence-corrected chi connectivity index (χ0v) is 34.6. The number of rotatable bonds is 7.